The van der Waals surface area contributed by atoms with Gasteiger partial charge in [-0.2, -0.15) is 0 Å². The first kappa shape index (κ1) is 21.1. The van der Waals surface area contributed by atoms with Gasteiger partial charge in [-0.25, -0.2) is 0 Å². The fraction of sp³-hybridized carbons (Fsp3) is 0.120. The monoisotopic (exact) mass is 477 g/mol. The number of rotatable bonds is 5. The van der Waals surface area contributed by atoms with Crippen molar-refractivity contribution in [3.63, 3.8) is 0 Å². The molecule has 2 aromatic carbocycles. The molecule has 3 heterocycles. The van der Waals surface area contributed by atoms with Crippen molar-refractivity contribution in [2.45, 2.75) is 29.0 Å². The summed E-state index contributed by atoms with van der Waals surface area (Å²) in [6.45, 7) is 2.08. The number of nitrogens with zero attached hydrogens (tertiary/aromatic N) is 2. The lowest BCUT2D eigenvalue weighted by atomic mass is 10.0. The SMILES string of the molecule is Cc1cccc(N2C(=S)NC(c3ccccn3)C2c2ccc(Sc3ccc(Cl)cc3)o2)c1. The van der Waals surface area contributed by atoms with Crippen LogP contribution in [0.15, 0.2) is 99.5 Å². The van der Waals surface area contributed by atoms with Gasteiger partial charge in [-0.1, -0.05) is 41.6 Å². The van der Waals surface area contributed by atoms with Gasteiger partial charge in [0.05, 0.1) is 11.7 Å². The minimum Gasteiger partial charge on any atom is -0.452 e. The third-order valence-electron chi connectivity index (χ3n) is 5.30. The number of hydrogen-bond donors (Lipinski definition) is 1. The standard InChI is InChI=1S/C25H20ClN3OS2/c1-16-5-4-6-18(15-16)29-24(23(28-25(29)31)20-7-2-3-14-27-20)21-12-13-22(30-21)32-19-10-8-17(26)9-11-19/h2-15,23-24H,1H3,(H,28,31). The summed E-state index contributed by atoms with van der Waals surface area (Å²) in [6.07, 6.45) is 1.80. The molecule has 0 amide bonds. The molecular weight excluding hydrogens is 458 g/mol. The van der Waals surface area contributed by atoms with Gasteiger partial charge in [-0.3, -0.25) is 4.98 Å². The molecule has 32 heavy (non-hydrogen) atoms. The lowest BCUT2D eigenvalue weighted by Crippen LogP contribution is -2.29. The summed E-state index contributed by atoms with van der Waals surface area (Å²) in [5, 5.41) is 5.64. The zero-order chi connectivity index (χ0) is 22.1. The Hall–Kier alpha value is -2.80. The fourth-order valence-electron chi connectivity index (χ4n) is 3.87. The van der Waals surface area contributed by atoms with Gasteiger partial charge < -0.3 is 14.6 Å². The van der Waals surface area contributed by atoms with E-state index >= 15 is 0 Å². The molecule has 2 unspecified atom stereocenters. The average Bonchev–Trinajstić information content (AvgIpc) is 3.40. The van der Waals surface area contributed by atoms with Gasteiger partial charge in [0.1, 0.15) is 11.8 Å². The van der Waals surface area contributed by atoms with E-state index < -0.39 is 0 Å². The van der Waals surface area contributed by atoms with Crippen LogP contribution in [0.5, 0.6) is 0 Å². The van der Waals surface area contributed by atoms with Crippen molar-refractivity contribution in [2.75, 3.05) is 4.90 Å². The van der Waals surface area contributed by atoms with E-state index in [-0.39, 0.29) is 12.1 Å². The Labute approximate surface area is 201 Å². The number of aryl methyl sites for hydroxylation is 1. The Kier molecular flexibility index (Phi) is 5.91. The minimum atomic E-state index is -0.168. The minimum absolute atomic E-state index is 0.135. The van der Waals surface area contributed by atoms with E-state index in [0.717, 1.165) is 27.1 Å². The zero-order valence-corrected chi connectivity index (χ0v) is 19.6. The van der Waals surface area contributed by atoms with E-state index in [0.29, 0.717) is 10.1 Å². The third kappa shape index (κ3) is 4.26. The number of halogens is 1. The molecule has 160 valence electrons. The average molecular weight is 478 g/mol. The molecule has 2 aromatic heterocycles. The first-order chi connectivity index (χ1) is 15.6. The summed E-state index contributed by atoms with van der Waals surface area (Å²) in [5.74, 6) is 0.825. The van der Waals surface area contributed by atoms with Gasteiger partial charge in [0.2, 0.25) is 0 Å². The summed E-state index contributed by atoms with van der Waals surface area (Å²) in [5.41, 5.74) is 3.11. The molecule has 1 fully saturated rings. The second kappa shape index (κ2) is 8.98. The van der Waals surface area contributed by atoms with E-state index in [2.05, 4.69) is 40.3 Å². The van der Waals surface area contributed by atoms with Gasteiger partial charge in [0, 0.05) is 21.8 Å². The van der Waals surface area contributed by atoms with Crippen molar-refractivity contribution in [3.8, 4) is 0 Å². The molecule has 5 rings (SSSR count). The molecule has 0 spiro atoms. The fourth-order valence-corrected chi connectivity index (χ4v) is 5.12. The molecule has 1 aliphatic rings. The van der Waals surface area contributed by atoms with Crippen LogP contribution in [0.1, 0.15) is 29.1 Å². The first-order valence-corrected chi connectivity index (χ1v) is 11.8. The van der Waals surface area contributed by atoms with Crippen molar-refractivity contribution in [1.82, 2.24) is 10.3 Å². The first-order valence-electron chi connectivity index (χ1n) is 10.2. The van der Waals surface area contributed by atoms with Crippen molar-refractivity contribution in [3.05, 3.63) is 107 Å². The highest BCUT2D eigenvalue weighted by Gasteiger charge is 2.42. The Morgan fingerprint density at radius 2 is 1.88 bits per heavy atom. The summed E-state index contributed by atoms with van der Waals surface area (Å²) < 4.78 is 6.34. The number of hydrogen-bond acceptors (Lipinski definition) is 4. The summed E-state index contributed by atoms with van der Waals surface area (Å²) in [6, 6.07) is 25.7. The van der Waals surface area contributed by atoms with Crippen LogP contribution in [0, 0.1) is 6.92 Å². The topological polar surface area (TPSA) is 41.3 Å². The zero-order valence-electron chi connectivity index (χ0n) is 17.2. The highest BCUT2D eigenvalue weighted by atomic mass is 35.5. The van der Waals surface area contributed by atoms with Crippen LogP contribution < -0.4 is 10.2 Å². The van der Waals surface area contributed by atoms with Crippen LogP contribution in [-0.2, 0) is 0 Å². The van der Waals surface area contributed by atoms with E-state index in [1.54, 1.807) is 18.0 Å². The van der Waals surface area contributed by atoms with Gasteiger partial charge in [-0.05, 0) is 85.4 Å². The molecule has 1 aliphatic heterocycles. The van der Waals surface area contributed by atoms with E-state index in [1.807, 2.05) is 60.7 Å². The molecule has 1 N–H and O–H groups in total. The Bertz CT molecular complexity index is 1240. The number of benzene rings is 2. The summed E-state index contributed by atoms with van der Waals surface area (Å²) >= 11 is 13.3. The number of furan rings is 1. The van der Waals surface area contributed by atoms with E-state index in [9.17, 15) is 0 Å². The van der Waals surface area contributed by atoms with E-state index in [1.165, 1.54) is 5.56 Å². The largest absolute Gasteiger partial charge is 0.452 e. The molecule has 1 saturated heterocycles. The van der Waals surface area contributed by atoms with Crippen LogP contribution in [0.2, 0.25) is 5.02 Å². The maximum atomic E-state index is 6.34. The Morgan fingerprint density at radius 1 is 1.03 bits per heavy atom. The lowest BCUT2D eigenvalue weighted by Gasteiger charge is -2.26. The molecule has 4 aromatic rings. The molecule has 0 bridgehead atoms. The maximum absolute atomic E-state index is 6.34. The van der Waals surface area contributed by atoms with Crippen molar-refractivity contribution in [2.24, 2.45) is 0 Å². The molecule has 2 atom stereocenters. The molecule has 7 heteroatoms. The van der Waals surface area contributed by atoms with Gasteiger partial charge in [0.15, 0.2) is 10.2 Å². The maximum Gasteiger partial charge on any atom is 0.174 e. The van der Waals surface area contributed by atoms with Gasteiger partial charge in [-0.15, -0.1) is 0 Å². The Morgan fingerprint density at radius 3 is 2.62 bits per heavy atom. The lowest BCUT2D eigenvalue weighted by molar-refractivity contribution is 0.383. The van der Waals surface area contributed by atoms with Gasteiger partial charge in [0.25, 0.3) is 0 Å². The Balaban J connectivity index is 1.53. The number of anilines is 1. The highest BCUT2D eigenvalue weighted by Crippen LogP contribution is 2.43. The normalized spacial score (nSPS) is 18.1. The van der Waals surface area contributed by atoms with Crippen LogP contribution in [-0.4, -0.2) is 10.1 Å². The third-order valence-corrected chi connectivity index (χ3v) is 6.80. The highest BCUT2D eigenvalue weighted by molar-refractivity contribution is 7.99. The molecule has 0 radical (unpaired) electrons. The predicted octanol–water partition coefficient (Wildman–Crippen LogP) is 6.96. The van der Waals surface area contributed by atoms with Gasteiger partial charge >= 0.3 is 0 Å². The number of pyridine rings is 1. The van der Waals surface area contributed by atoms with Crippen molar-refractivity contribution in [1.29, 1.82) is 0 Å². The predicted molar refractivity (Wildman–Crippen MR) is 133 cm³/mol. The number of nitrogens with one attached hydrogen (secondary N) is 1. The van der Waals surface area contributed by atoms with Crippen LogP contribution in [0.4, 0.5) is 5.69 Å². The summed E-state index contributed by atoms with van der Waals surface area (Å²) in [4.78, 5) is 7.78. The summed E-state index contributed by atoms with van der Waals surface area (Å²) in [7, 11) is 0. The number of aromatic nitrogens is 1. The molecule has 4 nitrogen and oxygen atoms in total. The molecular formula is C25H20ClN3OS2. The second-order valence-electron chi connectivity index (χ2n) is 7.55. The van der Waals surface area contributed by atoms with Crippen LogP contribution in [0.3, 0.4) is 0 Å². The molecule has 0 saturated carbocycles. The smallest absolute Gasteiger partial charge is 0.174 e. The van der Waals surface area contributed by atoms with Crippen molar-refractivity contribution >= 4 is 46.4 Å². The van der Waals surface area contributed by atoms with E-state index in [4.69, 9.17) is 28.2 Å². The van der Waals surface area contributed by atoms with Crippen LogP contribution in [0.25, 0.3) is 0 Å². The number of thiocarbonyl (C=S) groups is 1. The van der Waals surface area contributed by atoms with Crippen molar-refractivity contribution < 1.29 is 4.42 Å². The van der Waals surface area contributed by atoms with Crippen LogP contribution >= 0.6 is 35.6 Å². The second-order valence-corrected chi connectivity index (χ2v) is 9.45. The molecule has 0 aliphatic carbocycles. The quantitative estimate of drug-likeness (QED) is 0.313.